The smallest absolute Gasteiger partial charge is 0.255 e. The van der Waals surface area contributed by atoms with E-state index in [9.17, 15) is 14.4 Å². The van der Waals surface area contributed by atoms with Crippen molar-refractivity contribution >= 4 is 17.7 Å². The van der Waals surface area contributed by atoms with Crippen molar-refractivity contribution in [3.8, 4) is 0 Å². The summed E-state index contributed by atoms with van der Waals surface area (Å²) in [6, 6.07) is 5.25. The van der Waals surface area contributed by atoms with E-state index in [-0.39, 0.29) is 35.7 Å². The van der Waals surface area contributed by atoms with Gasteiger partial charge >= 0.3 is 0 Å². The van der Waals surface area contributed by atoms with Gasteiger partial charge in [-0.25, -0.2) is 0 Å². The summed E-state index contributed by atoms with van der Waals surface area (Å²) in [6.45, 7) is 4.53. The van der Waals surface area contributed by atoms with E-state index in [0.717, 1.165) is 43.8 Å². The van der Waals surface area contributed by atoms with Gasteiger partial charge in [0.2, 0.25) is 11.8 Å². The van der Waals surface area contributed by atoms with Crippen molar-refractivity contribution in [1.82, 2.24) is 15.1 Å². The van der Waals surface area contributed by atoms with Crippen LogP contribution in [-0.4, -0.2) is 65.9 Å². The van der Waals surface area contributed by atoms with E-state index in [0.29, 0.717) is 25.1 Å². The molecule has 0 aliphatic carbocycles. The Hall–Kier alpha value is -2.29. The van der Waals surface area contributed by atoms with Crippen LogP contribution in [0, 0.1) is 5.41 Å². The lowest BCUT2D eigenvalue weighted by Crippen LogP contribution is -2.56. The van der Waals surface area contributed by atoms with Crippen molar-refractivity contribution < 1.29 is 19.1 Å². The zero-order chi connectivity index (χ0) is 20.2. The number of fused-ring (bicyclic) bond motifs is 1. The third kappa shape index (κ3) is 3.15. The third-order valence-electron chi connectivity index (χ3n) is 6.74. The first kappa shape index (κ1) is 18.7. The average Bonchev–Trinajstić information content (AvgIpc) is 3.25. The first-order chi connectivity index (χ1) is 14.0. The molecule has 0 aromatic heterocycles. The van der Waals surface area contributed by atoms with Crippen molar-refractivity contribution in [2.24, 2.45) is 11.1 Å². The SMILES string of the molecule is NCC1CC2(CO1)CN(Cc1cccc3c1CN(C1CCC(=O)NC1=O)C3=O)C2. The van der Waals surface area contributed by atoms with Crippen LogP contribution in [0.1, 0.15) is 40.7 Å². The molecule has 4 aliphatic rings. The summed E-state index contributed by atoms with van der Waals surface area (Å²) in [7, 11) is 0. The summed E-state index contributed by atoms with van der Waals surface area (Å²) >= 11 is 0. The van der Waals surface area contributed by atoms with Crippen LogP contribution in [0.15, 0.2) is 18.2 Å². The molecule has 0 bridgehead atoms. The summed E-state index contributed by atoms with van der Waals surface area (Å²) < 4.78 is 5.78. The molecule has 29 heavy (non-hydrogen) atoms. The average molecular weight is 398 g/mol. The van der Waals surface area contributed by atoms with Crippen LogP contribution in [0.2, 0.25) is 0 Å². The number of rotatable bonds is 4. The molecule has 3 fully saturated rings. The topological polar surface area (TPSA) is 105 Å². The number of hydrogen-bond donors (Lipinski definition) is 2. The zero-order valence-electron chi connectivity index (χ0n) is 16.4. The number of nitrogens with one attached hydrogen (secondary N) is 1. The minimum absolute atomic E-state index is 0.119. The number of benzene rings is 1. The van der Waals surface area contributed by atoms with Crippen molar-refractivity contribution in [1.29, 1.82) is 0 Å². The number of piperidine rings is 1. The molecule has 1 spiro atoms. The van der Waals surface area contributed by atoms with E-state index in [2.05, 4.69) is 16.3 Å². The van der Waals surface area contributed by atoms with Gasteiger partial charge in [0.1, 0.15) is 6.04 Å². The fourth-order valence-electron chi connectivity index (χ4n) is 5.32. The maximum absolute atomic E-state index is 12.9. The molecular formula is C21H26N4O4. The Kier molecular flexibility index (Phi) is 4.45. The predicted molar refractivity (Wildman–Crippen MR) is 104 cm³/mol. The predicted octanol–water partition coefficient (Wildman–Crippen LogP) is -0.00280. The molecule has 4 aliphatic heterocycles. The highest BCUT2D eigenvalue weighted by Crippen LogP contribution is 2.42. The lowest BCUT2D eigenvalue weighted by molar-refractivity contribution is -0.136. The molecule has 1 aromatic rings. The van der Waals surface area contributed by atoms with Gasteiger partial charge in [-0.15, -0.1) is 0 Å². The third-order valence-corrected chi connectivity index (χ3v) is 6.74. The molecule has 1 aromatic carbocycles. The number of nitrogens with two attached hydrogens (primary N) is 1. The van der Waals surface area contributed by atoms with Crippen LogP contribution in [0.4, 0.5) is 0 Å². The lowest BCUT2D eigenvalue weighted by Gasteiger charge is -2.47. The highest BCUT2D eigenvalue weighted by molar-refractivity contribution is 6.05. The number of hydrogen-bond acceptors (Lipinski definition) is 6. The van der Waals surface area contributed by atoms with Gasteiger partial charge in [-0.05, 0) is 30.0 Å². The number of carbonyl (C=O) groups is 3. The number of carbonyl (C=O) groups excluding carboxylic acids is 3. The Morgan fingerprint density at radius 2 is 2.07 bits per heavy atom. The Morgan fingerprint density at radius 1 is 1.24 bits per heavy atom. The normalized spacial score (nSPS) is 28.6. The van der Waals surface area contributed by atoms with Crippen LogP contribution in [-0.2, 0) is 27.4 Å². The number of nitrogens with zero attached hydrogens (tertiary/aromatic N) is 2. The number of amides is 3. The number of imide groups is 1. The summed E-state index contributed by atoms with van der Waals surface area (Å²) in [4.78, 5) is 40.6. The molecule has 2 unspecified atom stereocenters. The molecule has 0 radical (unpaired) electrons. The summed E-state index contributed by atoms with van der Waals surface area (Å²) in [5.74, 6) is -0.758. The Balaban J connectivity index is 1.28. The second-order valence-corrected chi connectivity index (χ2v) is 8.86. The fraction of sp³-hybridized carbons (Fsp3) is 0.571. The maximum Gasteiger partial charge on any atom is 0.255 e. The molecule has 8 nitrogen and oxygen atoms in total. The summed E-state index contributed by atoms with van der Waals surface area (Å²) in [5.41, 5.74) is 8.78. The van der Waals surface area contributed by atoms with Crippen molar-refractivity contribution in [2.75, 3.05) is 26.2 Å². The molecule has 3 amide bonds. The number of likely N-dealkylation sites (tertiary alicyclic amines) is 1. The summed E-state index contributed by atoms with van der Waals surface area (Å²) in [6.07, 6.45) is 1.86. The van der Waals surface area contributed by atoms with Gasteiger partial charge in [-0.2, -0.15) is 0 Å². The minimum atomic E-state index is -0.573. The van der Waals surface area contributed by atoms with Gasteiger partial charge < -0.3 is 15.4 Å². The number of ether oxygens (including phenoxy) is 1. The van der Waals surface area contributed by atoms with Gasteiger partial charge in [0.05, 0.1) is 12.7 Å². The fourth-order valence-corrected chi connectivity index (χ4v) is 5.32. The van der Waals surface area contributed by atoms with E-state index in [4.69, 9.17) is 10.5 Å². The van der Waals surface area contributed by atoms with Crippen molar-refractivity contribution in [3.63, 3.8) is 0 Å². The standard InChI is InChI=1S/C21H26N4O4/c22-7-14-6-21(12-29-14)10-24(11-21)8-13-2-1-3-15-16(13)9-25(20(15)28)17-4-5-18(26)23-19(17)27/h1-3,14,17H,4-12,22H2,(H,23,26,27). The van der Waals surface area contributed by atoms with Crippen LogP contribution < -0.4 is 11.1 Å². The molecule has 3 N–H and O–H groups in total. The monoisotopic (exact) mass is 398 g/mol. The highest BCUT2D eigenvalue weighted by atomic mass is 16.5. The molecule has 5 rings (SSSR count). The van der Waals surface area contributed by atoms with Gasteiger partial charge in [0.15, 0.2) is 0 Å². The second-order valence-electron chi connectivity index (χ2n) is 8.86. The minimum Gasteiger partial charge on any atom is -0.376 e. The first-order valence-electron chi connectivity index (χ1n) is 10.3. The quantitative estimate of drug-likeness (QED) is 0.692. The molecule has 4 heterocycles. The molecular weight excluding hydrogens is 372 g/mol. The molecule has 2 atom stereocenters. The molecule has 3 saturated heterocycles. The Bertz CT molecular complexity index is 879. The highest BCUT2D eigenvalue weighted by Gasteiger charge is 2.49. The Labute approximate surface area is 169 Å². The van der Waals surface area contributed by atoms with Crippen LogP contribution in [0.3, 0.4) is 0 Å². The van der Waals surface area contributed by atoms with E-state index in [1.54, 1.807) is 4.90 Å². The van der Waals surface area contributed by atoms with Gasteiger partial charge in [0, 0.05) is 50.1 Å². The van der Waals surface area contributed by atoms with E-state index >= 15 is 0 Å². The Morgan fingerprint density at radius 3 is 2.79 bits per heavy atom. The van der Waals surface area contributed by atoms with E-state index in [1.807, 2.05) is 12.1 Å². The second kappa shape index (κ2) is 6.90. The van der Waals surface area contributed by atoms with E-state index < -0.39 is 6.04 Å². The summed E-state index contributed by atoms with van der Waals surface area (Å²) in [5, 5.41) is 2.35. The molecule has 8 heteroatoms. The van der Waals surface area contributed by atoms with Gasteiger partial charge in [0.25, 0.3) is 5.91 Å². The first-order valence-corrected chi connectivity index (χ1v) is 10.3. The molecule has 154 valence electrons. The zero-order valence-corrected chi connectivity index (χ0v) is 16.4. The van der Waals surface area contributed by atoms with Gasteiger partial charge in [-0.3, -0.25) is 24.6 Å². The van der Waals surface area contributed by atoms with Crippen molar-refractivity contribution in [3.05, 3.63) is 34.9 Å². The lowest BCUT2D eigenvalue weighted by atomic mass is 9.77. The van der Waals surface area contributed by atoms with E-state index in [1.165, 1.54) is 0 Å². The van der Waals surface area contributed by atoms with Crippen LogP contribution in [0.5, 0.6) is 0 Å². The van der Waals surface area contributed by atoms with Crippen LogP contribution in [0.25, 0.3) is 0 Å². The maximum atomic E-state index is 12.9. The largest absolute Gasteiger partial charge is 0.376 e. The molecule has 0 saturated carbocycles. The van der Waals surface area contributed by atoms with Crippen molar-refractivity contribution in [2.45, 2.75) is 44.5 Å². The van der Waals surface area contributed by atoms with Crippen LogP contribution >= 0.6 is 0 Å². The van der Waals surface area contributed by atoms with Gasteiger partial charge in [-0.1, -0.05) is 12.1 Å².